The summed E-state index contributed by atoms with van der Waals surface area (Å²) >= 11 is 1.64. The van der Waals surface area contributed by atoms with Gasteiger partial charge in [-0.05, 0) is 53.1 Å². The third-order valence-electron chi connectivity index (χ3n) is 4.96. The molecule has 0 unspecified atom stereocenters. The molecule has 2 aromatic rings. The summed E-state index contributed by atoms with van der Waals surface area (Å²) in [6.07, 6.45) is 5.84. The predicted molar refractivity (Wildman–Crippen MR) is 92.9 cm³/mol. The van der Waals surface area contributed by atoms with Crippen LogP contribution in [0, 0.1) is 5.92 Å². The van der Waals surface area contributed by atoms with Crippen LogP contribution >= 0.6 is 11.3 Å². The van der Waals surface area contributed by atoms with Crippen LogP contribution in [0.2, 0.25) is 0 Å². The van der Waals surface area contributed by atoms with Gasteiger partial charge in [-0.2, -0.15) is 16.4 Å². The van der Waals surface area contributed by atoms with Crippen LogP contribution in [-0.4, -0.2) is 40.3 Å². The number of hydrogen-bond acceptors (Lipinski definition) is 4. The Kier molecular flexibility index (Phi) is 4.41. The van der Waals surface area contributed by atoms with Gasteiger partial charge in [-0.3, -0.25) is 9.48 Å². The summed E-state index contributed by atoms with van der Waals surface area (Å²) in [6, 6.07) is 2.01. The molecule has 0 aromatic carbocycles. The standard InChI is InChI=1S/C18H23N3O2S/c1-20-18-15(9-19-20)4-6-21(16(18)11-23-10-13-2-3-13)17(22)8-14-5-7-24-12-14/h5,7,9,12-13,16H,2-4,6,8,10-11H2,1H3/t16-/m1/s1. The number of aromatic nitrogens is 2. The molecule has 0 radical (unpaired) electrons. The Bertz CT molecular complexity index is 706. The van der Waals surface area contributed by atoms with Gasteiger partial charge in [0.25, 0.3) is 0 Å². The van der Waals surface area contributed by atoms with Crippen LogP contribution < -0.4 is 0 Å². The number of carbonyl (C=O) groups is 1. The molecule has 1 atom stereocenters. The van der Waals surface area contributed by atoms with Crippen molar-refractivity contribution in [1.29, 1.82) is 0 Å². The highest BCUT2D eigenvalue weighted by Gasteiger charge is 2.34. The van der Waals surface area contributed by atoms with Crippen molar-refractivity contribution in [3.8, 4) is 0 Å². The molecule has 1 aliphatic carbocycles. The highest BCUT2D eigenvalue weighted by atomic mass is 32.1. The lowest BCUT2D eigenvalue weighted by Crippen LogP contribution is -2.43. The summed E-state index contributed by atoms with van der Waals surface area (Å²) in [5, 5.41) is 8.47. The number of thiophene rings is 1. The second kappa shape index (κ2) is 6.69. The summed E-state index contributed by atoms with van der Waals surface area (Å²) in [4.78, 5) is 14.9. The number of amides is 1. The number of nitrogens with zero attached hydrogens (tertiary/aromatic N) is 3. The topological polar surface area (TPSA) is 47.4 Å². The molecule has 24 heavy (non-hydrogen) atoms. The van der Waals surface area contributed by atoms with Crippen molar-refractivity contribution in [3.05, 3.63) is 39.8 Å². The van der Waals surface area contributed by atoms with Gasteiger partial charge in [-0.25, -0.2) is 0 Å². The lowest BCUT2D eigenvalue weighted by Gasteiger charge is -2.36. The van der Waals surface area contributed by atoms with Crippen molar-refractivity contribution in [2.45, 2.75) is 31.7 Å². The van der Waals surface area contributed by atoms with Gasteiger partial charge in [0, 0.05) is 20.2 Å². The maximum atomic E-state index is 12.9. The van der Waals surface area contributed by atoms with Crippen LogP contribution in [0.15, 0.2) is 23.0 Å². The SMILES string of the molecule is Cn1ncc2c1[C@@H](COCC1CC1)N(C(=O)Cc1ccsc1)CC2. The van der Waals surface area contributed by atoms with Crippen LogP contribution in [-0.2, 0) is 29.4 Å². The number of rotatable bonds is 6. The fourth-order valence-electron chi connectivity index (χ4n) is 3.43. The van der Waals surface area contributed by atoms with Gasteiger partial charge in [-0.1, -0.05) is 0 Å². The molecule has 1 amide bonds. The van der Waals surface area contributed by atoms with Gasteiger partial charge in [-0.15, -0.1) is 0 Å². The maximum absolute atomic E-state index is 12.9. The highest BCUT2D eigenvalue weighted by Crippen LogP contribution is 2.32. The molecule has 128 valence electrons. The van der Waals surface area contributed by atoms with Gasteiger partial charge >= 0.3 is 0 Å². The van der Waals surface area contributed by atoms with Gasteiger partial charge in [0.1, 0.15) is 0 Å². The van der Waals surface area contributed by atoms with Crippen LogP contribution in [0.5, 0.6) is 0 Å². The van der Waals surface area contributed by atoms with E-state index in [-0.39, 0.29) is 11.9 Å². The zero-order valence-electron chi connectivity index (χ0n) is 14.0. The number of fused-ring (bicyclic) bond motifs is 1. The van der Waals surface area contributed by atoms with Gasteiger partial charge in [0.15, 0.2) is 0 Å². The molecule has 4 rings (SSSR count). The highest BCUT2D eigenvalue weighted by molar-refractivity contribution is 7.08. The van der Waals surface area contributed by atoms with E-state index in [1.54, 1.807) is 11.3 Å². The molecule has 0 spiro atoms. The maximum Gasteiger partial charge on any atom is 0.227 e. The third-order valence-corrected chi connectivity index (χ3v) is 5.69. The van der Waals surface area contributed by atoms with Crippen molar-refractivity contribution in [2.75, 3.05) is 19.8 Å². The zero-order valence-corrected chi connectivity index (χ0v) is 14.8. The smallest absolute Gasteiger partial charge is 0.227 e. The first-order valence-electron chi connectivity index (χ1n) is 8.61. The molecule has 6 heteroatoms. The van der Waals surface area contributed by atoms with Crippen LogP contribution in [0.4, 0.5) is 0 Å². The molecular weight excluding hydrogens is 322 g/mol. The summed E-state index contributed by atoms with van der Waals surface area (Å²) in [5.74, 6) is 0.912. The Morgan fingerprint density at radius 3 is 3.04 bits per heavy atom. The van der Waals surface area contributed by atoms with E-state index < -0.39 is 0 Å². The Labute approximate surface area is 146 Å². The van der Waals surface area contributed by atoms with E-state index in [2.05, 4.69) is 10.5 Å². The first-order valence-corrected chi connectivity index (χ1v) is 9.55. The number of carbonyl (C=O) groups excluding carboxylic acids is 1. The van der Waals surface area contributed by atoms with E-state index in [9.17, 15) is 4.79 Å². The van der Waals surface area contributed by atoms with E-state index in [0.29, 0.717) is 13.0 Å². The molecule has 0 bridgehead atoms. The fraction of sp³-hybridized carbons (Fsp3) is 0.556. The van der Waals surface area contributed by atoms with Crippen LogP contribution in [0.25, 0.3) is 0 Å². The zero-order chi connectivity index (χ0) is 16.5. The molecule has 1 aliphatic heterocycles. The monoisotopic (exact) mass is 345 g/mol. The second-order valence-corrected chi connectivity index (χ2v) is 7.60. The molecule has 1 fully saturated rings. The van der Waals surface area contributed by atoms with Crippen molar-refractivity contribution < 1.29 is 9.53 Å². The van der Waals surface area contributed by atoms with Crippen molar-refractivity contribution in [2.24, 2.45) is 13.0 Å². The minimum Gasteiger partial charge on any atom is -0.379 e. The summed E-state index contributed by atoms with van der Waals surface area (Å²) in [6.45, 7) is 2.13. The molecular formula is C18H23N3O2S. The van der Waals surface area contributed by atoms with Crippen molar-refractivity contribution in [3.63, 3.8) is 0 Å². The number of hydrogen-bond donors (Lipinski definition) is 0. The molecule has 0 N–H and O–H groups in total. The minimum absolute atomic E-state index is 0.0221. The predicted octanol–water partition coefficient (Wildman–Crippen LogP) is 2.58. The van der Waals surface area contributed by atoms with Gasteiger partial charge < -0.3 is 9.64 Å². The number of aryl methyl sites for hydroxylation is 1. The second-order valence-electron chi connectivity index (χ2n) is 6.82. The van der Waals surface area contributed by atoms with Crippen molar-refractivity contribution in [1.82, 2.24) is 14.7 Å². The van der Waals surface area contributed by atoms with Gasteiger partial charge in [0.05, 0.1) is 31.0 Å². The van der Waals surface area contributed by atoms with E-state index in [4.69, 9.17) is 4.74 Å². The largest absolute Gasteiger partial charge is 0.379 e. The molecule has 0 saturated heterocycles. The Morgan fingerprint density at radius 2 is 2.29 bits per heavy atom. The van der Waals surface area contributed by atoms with Crippen molar-refractivity contribution >= 4 is 17.2 Å². The first-order chi connectivity index (χ1) is 11.7. The summed E-state index contributed by atoms with van der Waals surface area (Å²) < 4.78 is 7.87. The summed E-state index contributed by atoms with van der Waals surface area (Å²) in [7, 11) is 1.96. The minimum atomic E-state index is -0.0221. The molecule has 2 aliphatic rings. The first kappa shape index (κ1) is 15.8. The van der Waals surface area contributed by atoms with E-state index in [1.807, 2.05) is 34.3 Å². The van der Waals surface area contributed by atoms with E-state index in [1.165, 1.54) is 18.4 Å². The Balaban J connectivity index is 1.52. The molecule has 2 aromatic heterocycles. The molecule has 1 saturated carbocycles. The molecule has 5 nitrogen and oxygen atoms in total. The van der Waals surface area contributed by atoms with Gasteiger partial charge in [0.2, 0.25) is 5.91 Å². The average molecular weight is 345 g/mol. The third kappa shape index (κ3) is 3.26. The summed E-state index contributed by atoms with van der Waals surface area (Å²) in [5.41, 5.74) is 3.48. The van der Waals surface area contributed by atoms with E-state index >= 15 is 0 Å². The van der Waals surface area contributed by atoms with Crippen LogP contribution in [0.3, 0.4) is 0 Å². The quantitative estimate of drug-likeness (QED) is 0.808. The normalized spacial score (nSPS) is 20.2. The Hall–Kier alpha value is -1.66. The Morgan fingerprint density at radius 1 is 1.42 bits per heavy atom. The molecule has 3 heterocycles. The lowest BCUT2D eigenvalue weighted by molar-refractivity contribution is -0.135. The average Bonchev–Trinajstić information content (AvgIpc) is 3.11. The fourth-order valence-corrected chi connectivity index (χ4v) is 4.10. The van der Waals surface area contributed by atoms with Crippen LogP contribution in [0.1, 0.15) is 35.7 Å². The lowest BCUT2D eigenvalue weighted by atomic mass is 9.99. The number of ether oxygens (including phenoxy) is 1. The van der Waals surface area contributed by atoms with E-state index in [0.717, 1.165) is 36.7 Å².